The zero-order valence-corrected chi connectivity index (χ0v) is 14.4. The fourth-order valence-corrected chi connectivity index (χ4v) is 2.82. The Morgan fingerprint density at radius 1 is 0.815 bits per heavy atom. The predicted molar refractivity (Wildman–Crippen MR) is 94.4 cm³/mol. The van der Waals surface area contributed by atoms with E-state index in [1.54, 1.807) is 17.0 Å². The van der Waals surface area contributed by atoms with Crippen molar-refractivity contribution < 1.29 is 22.8 Å². The second kappa shape index (κ2) is 7.69. The topological polar surface area (TPSA) is 52.7 Å². The maximum atomic E-state index is 12.6. The minimum Gasteiger partial charge on any atom is -0.335 e. The molecule has 2 aromatic carbocycles. The monoisotopic (exact) mass is 377 g/mol. The van der Waals surface area contributed by atoms with Crippen LogP contribution in [0.15, 0.2) is 54.6 Å². The van der Waals surface area contributed by atoms with Crippen molar-refractivity contribution in [2.24, 2.45) is 0 Å². The van der Waals surface area contributed by atoms with Gasteiger partial charge >= 0.3 is 12.2 Å². The summed E-state index contributed by atoms with van der Waals surface area (Å²) in [6.07, 6.45) is -4.43. The fraction of sp³-hybridized carbons (Fsp3) is 0.263. The molecule has 0 unspecified atom stereocenters. The van der Waals surface area contributed by atoms with E-state index in [1.807, 2.05) is 18.2 Å². The molecule has 5 nitrogen and oxygen atoms in total. The summed E-state index contributed by atoms with van der Waals surface area (Å²) in [7, 11) is 0. The number of nitrogens with zero attached hydrogens (tertiary/aromatic N) is 2. The van der Waals surface area contributed by atoms with E-state index < -0.39 is 11.7 Å². The fourth-order valence-electron chi connectivity index (χ4n) is 2.82. The van der Waals surface area contributed by atoms with E-state index in [2.05, 4.69) is 5.32 Å². The summed E-state index contributed by atoms with van der Waals surface area (Å²) in [6.45, 7) is 1.35. The summed E-state index contributed by atoms with van der Waals surface area (Å²) >= 11 is 0. The standard InChI is InChI=1S/C19H18F3N3O2/c20-19(21,22)15-8-6-14(7-9-15)17(26)24-10-12-25(13-11-24)18(27)23-16-4-2-1-3-5-16/h1-9H,10-13H2,(H,23,27). The summed E-state index contributed by atoms with van der Waals surface area (Å²) in [6, 6.07) is 13.0. The molecule has 0 saturated carbocycles. The number of carbonyl (C=O) groups is 2. The van der Waals surface area contributed by atoms with E-state index in [1.165, 1.54) is 17.0 Å². The zero-order chi connectivity index (χ0) is 19.4. The molecule has 3 amide bonds. The third-order valence-corrected chi connectivity index (χ3v) is 4.34. The number of piperazine rings is 1. The van der Waals surface area contributed by atoms with Crippen LogP contribution < -0.4 is 5.32 Å². The Hall–Kier alpha value is -3.03. The highest BCUT2D eigenvalue weighted by atomic mass is 19.4. The van der Waals surface area contributed by atoms with Crippen molar-refractivity contribution in [2.75, 3.05) is 31.5 Å². The van der Waals surface area contributed by atoms with Gasteiger partial charge in [0.05, 0.1) is 5.56 Å². The molecule has 1 saturated heterocycles. The van der Waals surface area contributed by atoms with Gasteiger partial charge in [0.15, 0.2) is 0 Å². The molecule has 0 aliphatic carbocycles. The lowest BCUT2D eigenvalue weighted by Crippen LogP contribution is -2.51. The molecule has 1 fully saturated rings. The van der Waals surface area contributed by atoms with Crippen LogP contribution in [0.4, 0.5) is 23.7 Å². The highest BCUT2D eigenvalue weighted by Gasteiger charge is 2.31. The molecule has 1 heterocycles. The van der Waals surface area contributed by atoms with Crippen molar-refractivity contribution >= 4 is 17.6 Å². The van der Waals surface area contributed by atoms with Crippen LogP contribution in [-0.4, -0.2) is 47.9 Å². The molecule has 2 aromatic rings. The molecule has 8 heteroatoms. The van der Waals surface area contributed by atoms with E-state index >= 15 is 0 Å². The number of nitrogens with one attached hydrogen (secondary N) is 1. The average Bonchev–Trinajstić information content (AvgIpc) is 2.68. The van der Waals surface area contributed by atoms with Crippen molar-refractivity contribution in [1.82, 2.24) is 9.80 Å². The normalized spacial score (nSPS) is 14.8. The first-order chi connectivity index (χ1) is 12.8. The molecule has 0 radical (unpaired) electrons. The maximum absolute atomic E-state index is 12.6. The van der Waals surface area contributed by atoms with Gasteiger partial charge in [-0.15, -0.1) is 0 Å². The molecule has 142 valence electrons. The molecule has 0 atom stereocenters. The highest BCUT2D eigenvalue weighted by Crippen LogP contribution is 2.29. The summed E-state index contributed by atoms with van der Waals surface area (Å²) in [4.78, 5) is 27.8. The molecule has 1 N–H and O–H groups in total. The minimum absolute atomic E-state index is 0.199. The van der Waals surface area contributed by atoms with Gasteiger partial charge in [-0.2, -0.15) is 13.2 Å². The highest BCUT2D eigenvalue weighted by molar-refractivity contribution is 5.94. The van der Waals surface area contributed by atoms with E-state index in [0.29, 0.717) is 31.9 Å². The number of rotatable bonds is 2. The smallest absolute Gasteiger partial charge is 0.335 e. The van der Waals surface area contributed by atoms with E-state index in [9.17, 15) is 22.8 Å². The van der Waals surface area contributed by atoms with Gasteiger partial charge in [0.1, 0.15) is 0 Å². The lowest BCUT2D eigenvalue weighted by molar-refractivity contribution is -0.137. The van der Waals surface area contributed by atoms with Gasteiger partial charge in [-0.3, -0.25) is 4.79 Å². The van der Waals surface area contributed by atoms with Crippen molar-refractivity contribution in [3.05, 3.63) is 65.7 Å². The van der Waals surface area contributed by atoms with Gasteiger partial charge in [-0.1, -0.05) is 18.2 Å². The Bertz CT molecular complexity index is 799. The number of para-hydroxylation sites is 1. The number of alkyl halides is 3. The molecule has 0 bridgehead atoms. The van der Waals surface area contributed by atoms with Crippen LogP contribution in [0.3, 0.4) is 0 Å². The second-order valence-electron chi connectivity index (χ2n) is 6.15. The molecule has 3 rings (SSSR count). The maximum Gasteiger partial charge on any atom is 0.416 e. The molecule has 27 heavy (non-hydrogen) atoms. The molecule has 1 aliphatic rings. The number of urea groups is 1. The van der Waals surface area contributed by atoms with Gasteiger partial charge in [0.2, 0.25) is 0 Å². The molecule has 0 aromatic heterocycles. The van der Waals surface area contributed by atoms with Crippen molar-refractivity contribution in [3.8, 4) is 0 Å². The van der Waals surface area contributed by atoms with Gasteiger partial charge in [0, 0.05) is 37.4 Å². The molecular weight excluding hydrogens is 359 g/mol. The summed E-state index contributed by atoms with van der Waals surface area (Å²) in [5, 5.41) is 2.78. The van der Waals surface area contributed by atoms with Crippen molar-refractivity contribution in [1.29, 1.82) is 0 Å². The Morgan fingerprint density at radius 2 is 1.37 bits per heavy atom. The number of anilines is 1. The number of hydrogen-bond donors (Lipinski definition) is 1. The Balaban J connectivity index is 1.55. The minimum atomic E-state index is -4.43. The lowest BCUT2D eigenvalue weighted by atomic mass is 10.1. The van der Waals surface area contributed by atoms with E-state index in [0.717, 1.165) is 12.1 Å². The number of carbonyl (C=O) groups excluding carboxylic acids is 2. The van der Waals surface area contributed by atoms with Crippen LogP contribution in [0, 0.1) is 0 Å². The van der Waals surface area contributed by atoms with Gasteiger partial charge in [0.25, 0.3) is 5.91 Å². The first-order valence-electron chi connectivity index (χ1n) is 8.42. The second-order valence-corrected chi connectivity index (χ2v) is 6.15. The van der Waals surface area contributed by atoms with Crippen molar-refractivity contribution in [3.63, 3.8) is 0 Å². The van der Waals surface area contributed by atoms with Crippen LogP contribution in [0.25, 0.3) is 0 Å². The Morgan fingerprint density at radius 3 is 1.93 bits per heavy atom. The Labute approximate surface area is 154 Å². The lowest BCUT2D eigenvalue weighted by Gasteiger charge is -2.34. The SMILES string of the molecule is O=C(Nc1ccccc1)N1CCN(C(=O)c2ccc(C(F)(F)F)cc2)CC1. The van der Waals surface area contributed by atoms with E-state index in [4.69, 9.17) is 0 Å². The van der Waals surface area contributed by atoms with Crippen LogP contribution in [-0.2, 0) is 6.18 Å². The number of hydrogen-bond acceptors (Lipinski definition) is 2. The molecule has 0 spiro atoms. The van der Waals surface area contributed by atoms with Gasteiger partial charge < -0.3 is 15.1 Å². The van der Waals surface area contributed by atoms with Crippen LogP contribution in [0.5, 0.6) is 0 Å². The summed E-state index contributed by atoms with van der Waals surface area (Å²) in [5.41, 5.74) is 0.0948. The molecule has 1 aliphatic heterocycles. The summed E-state index contributed by atoms with van der Waals surface area (Å²) < 4.78 is 37.8. The first kappa shape index (κ1) is 18.8. The van der Waals surface area contributed by atoms with Crippen LogP contribution in [0.1, 0.15) is 15.9 Å². The number of amides is 3. The van der Waals surface area contributed by atoms with E-state index in [-0.39, 0.29) is 17.5 Å². The Kier molecular flexibility index (Phi) is 5.34. The molecular formula is C19H18F3N3O2. The van der Waals surface area contributed by atoms with Crippen LogP contribution >= 0.6 is 0 Å². The van der Waals surface area contributed by atoms with Crippen LogP contribution in [0.2, 0.25) is 0 Å². The van der Waals surface area contributed by atoms with Crippen molar-refractivity contribution in [2.45, 2.75) is 6.18 Å². The number of benzene rings is 2. The average molecular weight is 377 g/mol. The quantitative estimate of drug-likeness (QED) is 0.868. The van der Waals surface area contributed by atoms with Gasteiger partial charge in [-0.05, 0) is 36.4 Å². The van der Waals surface area contributed by atoms with Gasteiger partial charge in [-0.25, -0.2) is 4.79 Å². The predicted octanol–water partition coefficient (Wildman–Crippen LogP) is 3.70. The third-order valence-electron chi connectivity index (χ3n) is 4.34. The third kappa shape index (κ3) is 4.58. The summed E-state index contributed by atoms with van der Waals surface area (Å²) in [5.74, 6) is -0.341. The largest absolute Gasteiger partial charge is 0.416 e. The first-order valence-corrected chi connectivity index (χ1v) is 8.42. The zero-order valence-electron chi connectivity index (χ0n) is 14.4. The number of halogens is 3.